The van der Waals surface area contributed by atoms with Crippen molar-refractivity contribution in [3.8, 4) is 0 Å². The van der Waals surface area contributed by atoms with Gasteiger partial charge in [-0.1, -0.05) is 134 Å². The number of carbonyl (C=O) groups excluding carboxylic acids is 9. The van der Waals surface area contributed by atoms with Gasteiger partial charge in [0.15, 0.2) is 5.78 Å². The molecule has 3 saturated carbocycles. The lowest BCUT2D eigenvalue weighted by atomic mass is 9.86. The zero-order chi connectivity index (χ0) is 79.5. The number of fused-ring (bicyclic) bond motifs is 1. The number of unbranched alkanes of at least 4 members (excludes halogenated alkanes) is 12. The number of ether oxygens (including phenoxy) is 6. The van der Waals surface area contributed by atoms with E-state index in [4.69, 9.17) is 14.6 Å². The minimum absolute atomic E-state index is 0.0159. The molecule has 1 saturated heterocycles. The van der Waals surface area contributed by atoms with Gasteiger partial charge in [-0.25, -0.2) is 0 Å². The maximum absolute atomic E-state index is 12.5. The Kier molecular flexibility index (Phi) is 60.0. The van der Waals surface area contributed by atoms with Gasteiger partial charge in [-0.15, -0.1) is 11.8 Å². The number of ketones is 5. The number of carbonyl (C=O) groups is 9. The van der Waals surface area contributed by atoms with Crippen LogP contribution in [0.15, 0.2) is 60.8 Å². The van der Waals surface area contributed by atoms with Crippen LogP contribution in [0.1, 0.15) is 291 Å². The fraction of sp³-hybridized carbons (Fsp3) is 0.779. The van der Waals surface area contributed by atoms with E-state index in [0.29, 0.717) is 132 Å². The van der Waals surface area contributed by atoms with Gasteiger partial charge in [0, 0.05) is 113 Å². The predicted molar refractivity (Wildman–Crippen MR) is 430 cm³/mol. The third-order valence-corrected chi connectivity index (χ3v) is 23.4. The molecule has 0 spiro atoms. The molecule has 5 rings (SSSR count). The summed E-state index contributed by atoms with van der Waals surface area (Å²) in [7, 11) is 6.60. The standard InChI is InChI=1S/C22H40O6.2C21H34O4S.C21H32O4.CH4O/c1-3-4-9-13-27-15-16-28-14-12-19-18(20(23)17-21(19)24)10-7-5-6-8-11-22(25)26-2;1-3-4-9-13-21(24)14-12-17-16(18(22)15-19(17)26-21)10-7-5-6-8-11-20(23)25-2;1-3-4-7-10-16(22)13-14-18-17(19(23)15-20(18)26)11-8-5-6-9-12-21(24)25-2;1-3-4-7-10-18(22)15-13-17-14-16-20(23)19(17)11-8-5-6-9-12-21(24)25-2;1-2/h5,7,18-21,23-24H,3-4,6,8-17H2,1-2H3;5,7,16-17,19,24H,3-4,6,8-15H2,1-2H3;5,8,17-18,20,26H,3-4,6-7,9-15H2,1-2H3;5,8,14,16-17,19H,3-4,6-7,9-13,15H2,1-2H3;2H,1H3/b2*7-5-;2*8-5-;/t18-,19?,20+,21-;16-,17-,19-,21?;17-,18?,20-;17?,19-;/m1111./s1. The van der Waals surface area contributed by atoms with Crippen LogP contribution in [0.2, 0.25) is 0 Å². The van der Waals surface area contributed by atoms with E-state index in [1.807, 2.05) is 36.5 Å². The molecule has 4 aliphatic carbocycles. The Balaban J connectivity index is 0.000000708. The first-order chi connectivity index (χ1) is 51.7. The lowest BCUT2D eigenvalue weighted by Crippen LogP contribution is -2.36. The number of Topliss-reactive ketones (excluding diaryl/α,β-unsaturated/α-hetero) is 4. The van der Waals surface area contributed by atoms with Crippen LogP contribution in [0.5, 0.6) is 0 Å². The SMILES string of the molecule is CCCCCC(=O)CCC1C=CC(=O)[C@@H]1C/C=C\CCCC(=O)OC.CCCCCC(=O)CCC1[C@H](S)CC(=O)[C@@H]1C/C=C\CCCC(=O)OC.CCCCCC1(O)CC[C@H]2[C@@H](CC(=O)[C@@H]2C/C=C\CCCC(=O)OC)S1.CCCCCOCCOCCC1[C@H](O)C[C@H](O)[C@@H]1C/C=C\CCCC(=O)OC.CO. The van der Waals surface area contributed by atoms with Crippen molar-refractivity contribution in [1.29, 1.82) is 0 Å². The van der Waals surface area contributed by atoms with Crippen LogP contribution in [0.4, 0.5) is 0 Å². The van der Waals surface area contributed by atoms with Gasteiger partial charge in [0.1, 0.15) is 28.1 Å². The van der Waals surface area contributed by atoms with E-state index >= 15 is 0 Å². The number of esters is 4. The highest BCUT2D eigenvalue weighted by atomic mass is 32.2. The highest BCUT2D eigenvalue weighted by Gasteiger charge is 2.49. The second kappa shape index (κ2) is 64.0. The predicted octanol–water partition coefficient (Wildman–Crippen LogP) is 16.8. The van der Waals surface area contributed by atoms with E-state index in [1.165, 1.54) is 54.1 Å². The van der Waals surface area contributed by atoms with E-state index in [-0.39, 0.29) is 82.1 Å². The summed E-state index contributed by atoms with van der Waals surface area (Å²) in [5.74, 6) is 1.68. The van der Waals surface area contributed by atoms with Crippen LogP contribution in [0.25, 0.3) is 0 Å². The number of allylic oxidation sites excluding steroid dienone is 10. The van der Waals surface area contributed by atoms with Crippen molar-refractivity contribution in [2.75, 3.05) is 62.0 Å². The van der Waals surface area contributed by atoms with Crippen LogP contribution < -0.4 is 0 Å². The van der Waals surface area contributed by atoms with Crippen molar-refractivity contribution >= 4 is 77.2 Å². The molecule has 0 aromatic heterocycles. The quantitative estimate of drug-likeness (QED) is 0.0124. The summed E-state index contributed by atoms with van der Waals surface area (Å²) < 4.78 is 29.6. The number of thiol groups is 1. The molecule has 614 valence electrons. The summed E-state index contributed by atoms with van der Waals surface area (Å²) in [6.45, 7) is 11.2. The Morgan fingerprint density at radius 2 is 0.925 bits per heavy atom. The van der Waals surface area contributed by atoms with Crippen LogP contribution >= 0.6 is 24.4 Å². The minimum atomic E-state index is -0.616. The van der Waals surface area contributed by atoms with Crippen LogP contribution in [0.3, 0.4) is 0 Å². The number of hydrogen-bond donors (Lipinski definition) is 5. The maximum Gasteiger partial charge on any atom is 0.305 e. The van der Waals surface area contributed by atoms with E-state index in [1.54, 1.807) is 17.8 Å². The van der Waals surface area contributed by atoms with Gasteiger partial charge in [0.2, 0.25) is 0 Å². The number of thioether (sulfide) groups is 1. The molecule has 5 aliphatic rings. The van der Waals surface area contributed by atoms with Gasteiger partial charge in [-0.05, 0) is 183 Å². The number of hydrogen-bond acceptors (Lipinski definition) is 21. The zero-order valence-corrected chi connectivity index (χ0v) is 69.0. The van der Waals surface area contributed by atoms with Gasteiger partial charge >= 0.3 is 23.9 Å². The first-order valence-electron chi connectivity index (χ1n) is 40.9. The Labute approximate surface area is 654 Å². The first kappa shape index (κ1) is 100. The number of aliphatic hydroxyl groups is 4. The molecule has 4 fully saturated rings. The smallest absolute Gasteiger partial charge is 0.305 e. The summed E-state index contributed by atoms with van der Waals surface area (Å²) >= 11 is 6.27. The van der Waals surface area contributed by atoms with E-state index in [0.717, 1.165) is 168 Å². The third kappa shape index (κ3) is 45.5. The Morgan fingerprint density at radius 1 is 0.486 bits per heavy atom. The first-order valence-corrected chi connectivity index (χ1v) is 42.3. The minimum Gasteiger partial charge on any atom is -0.469 e. The van der Waals surface area contributed by atoms with E-state index in [2.05, 4.69) is 77.5 Å². The molecule has 13 atom stereocenters. The van der Waals surface area contributed by atoms with Crippen molar-refractivity contribution in [2.24, 2.45) is 47.3 Å². The molecule has 0 aromatic rings. The number of aliphatic hydroxyl groups excluding tert-OH is 3. The summed E-state index contributed by atoms with van der Waals surface area (Å²) in [4.78, 5) is 104. The van der Waals surface area contributed by atoms with E-state index in [9.17, 15) is 58.5 Å². The zero-order valence-electron chi connectivity index (χ0n) is 67.3. The molecule has 19 nitrogen and oxygen atoms in total. The van der Waals surface area contributed by atoms with Gasteiger partial charge < -0.3 is 48.8 Å². The lowest BCUT2D eigenvalue weighted by molar-refractivity contribution is -0.141. The molecular formula is C86H144O19S2. The topological polar surface area (TPSA) is 290 Å². The second-order valence-electron chi connectivity index (χ2n) is 29.3. The second-order valence-corrected chi connectivity index (χ2v) is 31.5. The average molecular weight is 1550 g/mol. The van der Waals surface area contributed by atoms with Crippen molar-refractivity contribution in [3.05, 3.63) is 60.8 Å². The largest absolute Gasteiger partial charge is 0.469 e. The van der Waals surface area contributed by atoms with Gasteiger partial charge in [-0.3, -0.25) is 43.2 Å². The molecule has 1 heterocycles. The van der Waals surface area contributed by atoms with E-state index < -0.39 is 17.1 Å². The summed E-state index contributed by atoms with van der Waals surface area (Å²) in [6.07, 6.45) is 52.4. The molecule has 4 N–H and O–H groups in total. The lowest BCUT2D eigenvalue weighted by Gasteiger charge is -2.39. The van der Waals surface area contributed by atoms with Crippen LogP contribution in [-0.2, 0) is 71.6 Å². The molecule has 4 unspecified atom stereocenters. The highest BCUT2D eigenvalue weighted by Crippen LogP contribution is 2.53. The summed E-state index contributed by atoms with van der Waals surface area (Å²) in [5, 5.41) is 38.8. The Hall–Kier alpha value is -4.61. The molecule has 0 aromatic carbocycles. The van der Waals surface area contributed by atoms with Crippen molar-refractivity contribution in [1.82, 2.24) is 0 Å². The summed E-state index contributed by atoms with van der Waals surface area (Å²) in [5.41, 5.74) is 0. The summed E-state index contributed by atoms with van der Waals surface area (Å²) in [6, 6.07) is 0. The Morgan fingerprint density at radius 3 is 1.43 bits per heavy atom. The maximum atomic E-state index is 12.5. The van der Waals surface area contributed by atoms with Crippen LogP contribution in [-0.4, -0.2) is 163 Å². The molecule has 0 radical (unpaired) electrons. The molecule has 107 heavy (non-hydrogen) atoms. The van der Waals surface area contributed by atoms with Gasteiger partial charge in [0.05, 0.1) is 53.9 Å². The fourth-order valence-corrected chi connectivity index (χ4v) is 17.0. The molecule has 1 aliphatic heterocycles. The molecule has 0 bridgehead atoms. The average Bonchev–Trinajstić information content (AvgIpc) is 1.65. The van der Waals surface area contributed by atoms with Crippen LogP contribution in [0, 0.1) is 47.3 Å². The molecule has 0 amide bonds. The molecule has 21 heteroatoms. The Bertz CT molecular complexity index is 2600. The monoisotopic (exact) mass is 1540 g/mol. The highest BCUT2D eigenvalue weighted by molar-refractivity contribution is 8.01. The number of methoxy groups -OCH3 is 4. The van der Waals surface area contributed by atoms with Gasteiger partial charge in [0.25, 0.3) is 0 Å². The van der Waals surface area contributed by atoms with Gasteiger partial charge in [-0.2, -0.15) is 12.6 Å². The number of rotatable bonds is 52. The van der Waals surface area contributed by atoms with Crippen molar-refractivity contribution in [3.63, 3.8) is 0 Å². The van der Waals surface area contributed by atoms with Crippen molar-refractivity contribution in [2.45, 2.75) is 319 Å². The fourth-order valence-electron chi connectivity index (χ4n) is 14.7. The molecular weight excluding hydrogens is 1400 g/mol. The normalized spacial score (nSPS) is 24.3. The third-order valence-electron chi connectivity index (χ3n) is 21.1. The van der Waals surface area contributed by atoms with Crippen molar-refractivity contribution < 1.29 is 92.0 Å².